The van der Waals surface area contributed by atoms with Crippen molar-refractivity contribution in [1.29, 1.82) is 0 Å². The smallest absolute Gasteiger partial charge is 0.336 e. The first-order valence-electron chi connectivity index (χ1n) is 4.31. The molecule has 0 radical (unpaired) electrons. The summed E-state index contributed by atoms with van der Waals surface area (Å²) in [6.45, 7) is 0. The van der Waals surface area contributed by atoms with E-state index in [1.165, 1.54) is 6.07 Å². The molecule has 0 heterocycles. The van der Waals surface area contributed by atoms with Crippen LogP contribution in [0.25, 0.3) is 10.8 Å². The van der Waals surface area contributed by atoms with Crippen molar-refractivity contribution >= 4 is 38.4 Å². The maximum atomic E-state index is 11.0. The minimum atomic E-state index is -0.952. The number of carboxylic acids is 1. The number of hydrogen-bond donors (Lipinski definition) is 2. The Labute approximate surface area is 94.6 Å². The molecule has 0 aliphatic rings. The van der Waals surface area contributed by atoms with Gasteiger partial charge in [0.05, 0.1) is 5.56 Å². The summed E-state index contributed by atoms with van der Waals surface area (Å²) in [5.41, 5.74) is 6.62. The summed E-state index contributed by atoms with van der Waals surface area (Å²) in [7, 11) is 0. The van der Waals surface area contributed by atoms with Gasteiger partial charge in [-0.25, -0.2) is 4.79 Å². The van der Waals surface area contributed by atoms with Crippen molar-refractivity contribution < 1.29 is 9.90 Å². The molecule has 2 aromatic rings. The number of aromatic carboxylic acids is 1. The summed E-state index contributed by atoms with van der Waals surface area (Å²) >= 11 is 3.33. The van der Waals surface area contributed by atoms with Crippen LogP contribution < -0.4 is 5.73 Å². The standard InChI is InChI=1S/C11H8BrNO2/c12-8-3-1-2-6-9(13)5-4-7(10(6)8)11(14)15/h1-5H,13H2,(H,14,15). The minimum Gasteiger partial charge on any atom is -0.478 e. The Hall–Kier alpha value is -1.55. The third-order valence-corrected chi connectivity index (χ3v) is 2.91. The van der Waals surface area contributed by atoms with E-state index in [4.69, 9.17) is 10.8 Å². The van der Waals surface area contributed by atoms with E-state index < -0.39 is 5.97 Å². The number of anilines is 1. The summed E-state index contributed by atoms with van der Waals surface area (Å²) in [4.78, 5) is 11.0. The number of carbonyl (C=O) groups is 1. The van der Waals surface area contributed by atoms with E-state index in [-0.39, 0.29) is 5.56 Å². The van der Waals surface area contributed by atoms with E-state index in [9.17, 15) is 4.79 Å². The van der Waals surface area contributed by atoms with E-state index in [2.05, 4.69) is 15.9 Å². The Balaban J connectivity index is 2.96. The Bertz CT molecular complexity index is 552. The van der Waals surface area contributed by atoms with Gasteiger partial charge >= 0.3 is 5.97 Å². The summed E-state index contributed by atoms with van der Waals surface area (Å²) in [6.07, 6.45) is 0. The van der Waals surface area contributed by atoms with Crippen LogP contribution >= 0.6 is 15.9 Å². The lowest BCUT2D eigenvalue weighted by atomic mass is 10.0. The first-order chi connectivity index (χ1) is 7.11. The zero-order valence-corrected chi connectivity index (χ0v) is 9.28. The molecule has 3 N–H and O–H groups in total. The lowest BCUT2D eigenvalue weighted by Crippen LogP contribution is -1.99. The number of carboxylic acid groups (broad SMARTS) is 1. The van der Waals surface area contributed by atoms with E-state index in [0.29, 0.717) is 11.1 Å². The molecule has 0 aliphatic heterocycles. The number of rotatable bonds is 1. The van der Waals surface area contributed by atoms with Gasteiger partial charge in [0.1, 0.15) is 0 Å². The summed E-state index contributed by atoms with van der Waals surface area (Å²) in [5.74, 6) is -0.952. The Morgan fingerprint density at radius 3 is 2.67 bits per heavy atom. The molecule has 0 saturated carbocycles. The van der Waals surface area contributed by atoms with Crippen molar-refractivity contribution in [2.24, 2.45) is 0 Å². The van der Waals surface area contributed by atoms with Gasteiger partial charge in [-0.1, -0.05) is 28.1 Å². The molecule has 0 fully saturated rings. The maximum Gasteiger partial charge on any atom is 0.336 e. The van der Waals surface area contributed by atoms with Crippen LogP contribution in [0.2, 0.25) is 0 Å². The average Bonchev–Trinajstić information content (AvgIpc) is 2.19. The zero-order valence-electron chi connectivity index (χ0n) is 7.70. The van der Waals surface area contributed by atoms with Crippen LogP contribution in [0.4, 0.5) is 5.69 Å². The molecule has 76 valence electrons. The molecule has 0 spiro atoms. The lowest BCUT2D eigenvalue weighted by molar-refractivity contribution is 0.0699. The fraction of sp³-hybridized carbons (Fsp3) is 0. The predicted molar refractivity (Wildman–Crippen MR) is 63.0 cm³/mol. The predicted octanol–water partition coefficient (Wildman–Crippen LogP) is 2.88. The highest BCUT2D eigenvalue weighted by atomic mass is 79.9. The fourth-order valence-corrected chi connectivity index (χ4v) is 2.14. The number of halogens is 1. The zero-order chi connectivity index (χ0) is 11.0. The first-order valence-corrected chi connectivity index (χ1v) is 5.10. The molecule has 0 aliphatic carbocycles. The van der Waals surface area contributed by atoms with Crippen molar-refractivity contribution in [1.82, 2.24) is 0 Å². The molecule has 0 atom stereocenters. The van der Waals surface area contributed by atoms with Gasteiger partial charge in [0.2, 0.25) is 0 Å². The van der Waals surface area contributed by atoms with Gasteiger partial charge in [-0.3, -0.25) is 0 Å². The highest BCUT2D eigenvalue weighted by Crippen LogP contribution is 2.30. The number of fused-ring (bicyclic) bond motifs is 1. The molecular formula is C11H8BrNO2. The monoisotopic (exact) mass is 265 g/mol. The molecule has 2 rings (SSSR count). The second kappa shape index (κ2) is 3.55. The van der Waals surface area contributed by atoms with Crippen LogP contribution in [0.5, 0.6) is 0 Å². The Kier molecular flexibility index (Phi) is 2.36. The quantitative estimate of drug-likeness (QED) is 0.780. The molecule has 0 saturated heterocycles. The van der Waals surface area contributed by atoms with Crippen molar-refractivity contribution in [3.05, 3.63) is 40.4 Å². The second-order valence-corrected chi connectivity index (χ2v) is 4.02. The highest BCUT2D eigenvalue weighted by molar-refractivity contribution is 9.10. The average molecular weight is 266 g/mol. The Morgan fingerprint density at radius 2 is 2.00 bits per heavy atom. The van der Waals surface area contributed by atoms with E-state index in [0.717, 1.165) is 9.86 Å². The third-order valence-electron chi connectivity index (χ3n) is 2.25. The molecule has 0 bridgehead atoms. The minimum absolute atomic E-state index is 0.256. The maximum absolute atomic E-state index is 11.0. The molecular weight excluding hydrogens is 258 g/mol. The van der Waals surface area contributed by atoms with Gasteiger partial charge in [-0.15, -0.1) is 0 Å². The van der Waals surface area contributed by atoms with Gasteiger partial charge in [-0.2, -0.15) is 0 Å². The van der Waals surface area contributed by atoms with Crippen molar-refractivity contribution in [2.45, 2.75) is 0 Å². The third kappa shape index (κ3) is 1.57. The number of nitrogens with two attached hydrogens (primary N) is 1. The summed E-state index contributed by atoms with van der Waals surface area (Å²) in [6, 6.07) is 8.56. The molecule has 15 heavy (non-hydrogen) atoms. The van der Waals surface area contributed by atoms with Crippen molar-refractivity contribution in [3.8, 4) is 0 Å². The number of benzene rings is 2. The molecule has 0 amide bonds. The van der Waals surface area contributed by atoms with Gasteiger partial charge in [0, 0.05) is 20.9 Å². The topological polar surface area (TPSA) is 63.3 Å². The van der Waals surface area contributed by atoms with Crippen LogP contribution in [0.1, 0.15) is 10.4 Å². The Morgan fingerprint density at radius 1 is 1.27 bits per heavy atom. The molecule has 3 nitrogen and oxygen atoms in total. The molecule has 4 heteroatoms. The summed E-state index contributed by atoms with van der Waals surface area (Å²) < 4.78 is 0.740. The van der Waals surface area contributed by atoms with Crippen LogP contribution in [0.15, 0.2) is 34.8 Å². The van der Waals surface area contributed by atoms with Crippen LogP contribution in [0, 0.1) is 0 Å². The van der Waals surface area contributed by atoms with Gasteiger partial charge in [-0.05, 0) is 18.2 Å². The summed E-state index contributed by atoms with van der Waals surface area (Å²) in [5, 5.41) is 10.4. The van der Waals surface area contributed by atoms with Gasteiger partial charge in [0.15, 0.2) is 0 Å². The molecule has 0 aromatic heterocycles. The fourth-order valence-electron chi connectivity index (χ4n) is 1.56. The van der Waals surface area contributed by atoms with Crippen LogP contribution in [-0.4, -0.2) is 11.1 Å². The molecule has 2 aromatic carbocycles. The molecule has 0 unspecified atom stereocenters. The van der Waals surface area contributed by atoms with Crippen molar-refractivity contribution in [3.63, 3.8) is 0 Å². The van der Waals surface area contributed by atoms with E-state index in [1.807, 2.05) is 12.1 Å². The lowest BCUT2D eigenvalue weighted by Gasteiger charge is -2.07. The van der Waals surface area contributed by atoms with Crippen molar-refractivity contribution in [2.75, 3.05) is 5.73 Å². The highest BCUT2D eigenvalue weighted by Gasteiger charge is 2.12. The van der Waals surface area contributed by atoms with Crippen LogP contribution in [0.3, 0.4) is 0 Å². The normalized spacial score (nSPS) is 10.5. The first kappa shape index (κ1) is 9.98. The second-order valence-electron chi connectivity index (χ2n) is 3.17. The largest absolute Gasteiger partial charge is 0.478 e. The number of hydrogen-bond acceptors (Lipinski definition) is 2. The van der Waals surface area contributed by atoms with E-state index in [1.54, 1.807) is 12.1 Å². The van der Waals surface area contributed by atoms with E-state index >= 15 is 0 Å². The van der Waals surface area contributed by atoms with Gasteiger partial charge < -0.3 is 10.8 Å². The van der Waals surface area contributed by atoms with Crippen LogP contribution in [-0.2, 0) is 0 Å². The number of nitrogen functional groups attached to an aromatic ring is 1. The SMILES string of the molecule is Nc1ccc(C(=O)O)c2c(Br)cccc12. The van der Waals surface area contributed by atoms with Gasteiger partial charge in [0.25, 0.3) is 0 Å².